The number of imidazole rings is 1. The second kappa shape index (κ2) is 5.80. The molecule has 3 rings (SSSR count). The first-order valence-electron chi connectivity index (χ1n) is 6.28. The highest BCUT2D eigenvalue weighted by Crippen LogP contribution is 2.33. The maximum Gasteiger partial charge on any atom is 0.280 e. The topological polar surface area (TPSA) is 125 Å². The van der Waals surface area contributed by atoms with Gasteiger partial charge < -0.3 is 15.0 Å². The summed E-state index contributed by atoms with van der Waals surface area (Å²) in [7, 11) is -2.27. The Kier molecular flexibility index (Phi) is 4.03. The van der Waals surface area contributed by atoms with Crippen molar-refractivity contribution in [2.24, 2.45) is 0 Å². The highest BCUT2D eigenvalue weighted by atomic mass is 32.7. The predicted octanol–water partition coefficient (Wildman–Crippen LogP) is 0.715. The molecule has 1 fully saturated rings. The van der Waals surface area contributed by atoms with Gasteiger partial charge in [0.1, 0.15) is 6.23 Å². The van der Waals surface area contributed by atoms with Gasteiger partial charge >= 0.3 is 0 Å². The number of rotatable bonds is 4. The summed E-state index contributed by atoms with van der Waals surface area (Å²) in [4.78, 5) is 22.2. The van der Waals surface area contributed by atoms with Gasteiger partial charge in [0, 0.05) is 0 Å². The van der Waals surface area contributed by atoms with E-state index < -0.39 is 7.23 Å². The third-order valence-electron chi connectivity index (χ3n) is 3.24. The van der Waals surface area contributed by atoms with Crippen molar-refractivity contribution in [3.63, 3.8) is 0 Å². The van der Waals surface area contributed by atoms with Crippen LogP contribution in [0, 0.1) is 0 Å². The van der Waals surface area contributed by atoms with Crippen molar-refractivity contribution in [2.75, 3.05) is 12.3 Å². The molecular weight excluding hydrogens is 317 g/mol. The molecular formula is C10H14N5O4PS. The van der Waals surface area contributed by atoms with Crippen LogP contribution in [0.4, 0.5) is 5.95 Å². The van der Waals surface area contributed by atoms with E-state index in [1.807, 2.05) is 0 Å². The van der Waals surface area contributed by atoms with Crippen molar-refractivity contribution in [1.82, 2.24) is 19.5 Å². The quantitative estimate of drug-likeness (QED) is 0.556. The molecule has 3 heterocycles. The van der Waals surface area contributed by atoms with Gasteiger partial charge in [-0.1, -0.05) is 12.2 Å². The number of anilines is 1. The molecule has 0 bridgehead atoms. The number of nitrogens with zero attached hydrogens (tertiary/aromatic N) is 3. The van der Waals surface area contributed by atoms with Gasteiger partial charge in [-0.3, -0.25) is 18.9 Å². The molecule has 3 atom stereocenters. The number of hydrogen-bond acceptors (Lipinski definition) is 7. The molecule has 2 aromatic rings. The number of H-pyrrole nitrogens is 1. The number of aromatic amines is 1. The van der Waals surface area contributed by atoms with E-state index >= 15 is 0 Å². The van der Waals surface area contributed by atoms with Gasteiger partial charge in [0.25, 0.3) is 5.56 Å². The van der Waals surface area contributed by atoms with E-state index in [1.54, 1.807) is 4.57 Å². The fourth-order valence-corrected chi connectivity index (χ4v) is 2.88. The standard InChI is InChI=1S/C10H14N5O4PS/c11-10-13-8-7(9(16)14-10)12-4-15(8)6-2-1-5(19-6)3-18-20(17)21/h4-6,20H,1-3H2,(H,17,21)(H3,11,13,14,16)/t5-,6+/m0/s1. The Labute approximate surface area is 124 Å². The molecule has 1 aliphatic rings. The van der Waals surface area contributed by atoms with Crippen LogP contribution in [-0.4, -0.2) is 32.2 Å². The summed E-state index contributed by atoms with van der Waals surface area (Å²) in [5.41, 5.74) is 5.76. The number of nitrogens with two attached hydrogens (primary N) is 1. The minimum atomic E-state index is -2.27. The van der Waals surface area contributed by atoms with Gasteiger partial charge in [0.15, 0.2) is 11.2 Å². The molecule has 0 aliphatic carbocycles. The van der Waals surface area contributed by atoms with Crippen LogP contribution in [0.25, 0.3) is 11.2 Å². The molecule has 11 heteroatoms. The van der Waals surface area contributed by atoms with Crippen LogP contribution < -0.4 is 11.3 Å². The SMILES string of the molecule is Nc1nc2c(ncn2[C@H]2CC[C@@H](CO[PH](=O)S)O2)c(=O)[nH]1. The minimum absolute atomic E-state index is 0.0285. The maximum atomic E-state index is 11.7. The molecule has 1 saturated heterocycles. The first-order chi connectivity index (χ1) is 10.0. The van der Waals surface area contributed by atoms with Crippen LogP contribution >= 0.6 is 19.5 Å². The largest absolute Gasteiger partial charge is 0.369 e. The van der Waals surface area contributed by atoms with E-state index in [2.05, 4.69) is 27.2 Å². The van der Waals surface area contributed by atoms with Crippen LogP contribution in [0.2, 0.25) is 0 Å². The maximum absolute atomic E-state index is 11.7. The molecule has 0 spiro atoms. The summed E-state index contributed by atoms with van der Waals surface area (Å²) in [6.45, 7) is 0.223. The normalized spacial score (nSPS) is 23.7. The first kappa shape index (κ1) is 14.6. The van der Waals surface area contributed by atoms with Gasteiger partial charge in [-0.2, -0.15) is 4.98 Å². The fraction of sp³-hybridized carbons (Fsp3) is 0.500. The van der Waals surface area contributed by atoms with Crippen LogP contribution in [0.15, 0.2) is 11.1 Å². The zero-order valence-corrected chi connectivity index (χ0v) is 12.7. The predicted molar refractivity (Wildman–Crippen MR) is 79.6 cm³/mol. The summed E-state index contributed by atoms with van der Waals surface area (Å²) in [5, 5.41) is 0. The van der Waals surface area contributed by atoms with Gasteiger partial charge in [-0.25, -0.2) is 4.98 Å². The Bertz CT molecular complexity index is 747. The summed E-state index contributed by atoms with van der Waals surface area (Å²) >= 11 is 3.72. The highest BCUT2D eigenvalue weighted by molar-refractivity contribution is 8.39. The second-order valence-electron chi connectivity index (χ2n) is 4.64. The summed E-state index contributed by atoms with van der Waals surface area (Å²) in [6.07, 6.45) is 2.47. The van der Waals surface area contributed by atoms with E-state index in [0.29, 0.717) is 12.1 Å². The van der Waals surface area contributed by atoms with E-state index in [1.165, 1.54) is 6.33 Å². The van der Waals surface area contributed by atoms with Crippen molar-refractivity contribution < 1.29 is 13.8 Å². The molecule has 0 amide bonds. The number of ether oxygens (including phenoxy) is 1. The lowest BCUT2D eigenvalue weighted by Crippen LogP contribution is -2.16. The molecule has 2 aromatic heterocycles. The molecule has 21 heavy (non-hydrogen) atoms. The lowest BCUT2D eigenvalue weighted by molar-refractivity contribution is -0.0141. The zero-order chi connectivity index (χ0) is 15.0. The molecule has 1 unspecified atom stereocenters. The van der Waals surface area contributed by atoms with Gasteiger partial charge in [-0.05, 0) is 12.8 Å². The number of fused-ring (bicyclic) bond motifs is 1. The zero-order valence-electron chi connectivity index (χ0n) is 10.9. The Morgan fingerprint density at radius 3 is 3.19 bits per heavy atom. The molecule has 1 aliphatic heterocycles. The average molecular weight is 331 g/mol. The van der Waals surface area contributed by atoms with Crippen molar-refractivity contribution in [1.29, 1.82) is 0 Å². The monoisotopic (exact) mass is 331 g/mol. The average Bonchev–Trinajstić information content (AvgIpc) is 3.02. The molecule has 0 aromatic carbocycles. The second-order valence-corrected chi connectivity index (χ2v) is 6.56. The molecule has 0 radical (unpaired) electrons. The molecule has 9 nitrogen and oxygen atoms in total. The van der Waals surface area contributed by atoms with Gasteiger partial charge in [0.2, 0.25) is 13.2 Å². The van der Waals surface area contributed by atoms with Gasteiger partial charge in [-0.15, -0.1) is 0 Å². The number of thiol groups is 1. The number of nitrogens with one attached hydrogen (secondary N) is 1. The summed E-state index contributed by atoms with van der Waals surface area (Å²) < 4.78 is 23.3. The van der Waals surface area contributed by atoms with E-state index in [9.17, 15) is 9.36 Å². The molecule has 0 saturated carbocycles. The van der Waals surface area contributed by atoms with Crippen molar-refractivity contribution in [2.45, 2.75) is 25.2 Å². The molecule has 3 N–H and O–H groups in total. The van der Waals surface area contributed by atoms with Crippen LogP contribution in [-0.2, 0) is 13.8 Å². The first-order valence-corrected chi connectivity index (χ1v) is 8.88. The Balaban J connectivity index is 1.82. The van der Waals surface area contributed by atoms with E-state index in [4.69, 9.17) is 15.0 Å². The summed E-state index contributed by atoms with van der Waals surface area (Å²) in [6, 6.07) is 0. The lowest BCUT2D eigenvalue weighted by atomic mass is 10.2. The van der Waals surface area contributed by atoms with Gasteiger partial charge in [0.05, 0.1) is 19.0 Å². The number of hydrogen-bond donors (Lipinski definition) is 3. The van der Waals surface area contributed by atoms with E-state index in [-0.39, 0.29) is 36.0 Å². The van der Waals surface area contributed by atoms with Crippen LogP contribution in [0.5, 0.6) is 0 Å². The van der Waals surface area contributed by atoms with Crippen molar-refractivity contribution in [3.8, 4) is 0 Å². The fourth-order valence-electron chi connectivity index (χ4n) is 2.33. The van der Waals surface area contributed by atoms with Crippen LogP contribution in [0.1, 0.15) is 19.1 Å². The van der Waals surface area contributed by atoms with E-state index in [0.717, 1.165) is 6.42 Å². The van der Waals surface area contributed by atoms with Crippen molar-refractivity contribution >= 4 is 36.6 Å². The van der Waals surface area contributed by atoms with Crippen molar-refractivity contribution in [3.05, 3.63) is 16.7 Å². The highest BCUT2D eigenvalue weighted by Gasteiger charge is 2.28. The number of aromatic nitrogens is 4. The lowest BCUT2D eigenvalue weighted by Gasteiger charge is -2.14. The van der Waals surface area contributed by atoms with Crippen LogP contribution in [0.3, 0.4) is 0 Å². The minimum Gasteiger partial charge on any atom is -0.369 e. The smallest absolute Gasteiger partial charge is 0.280 e. The third kappa shape index (κ3) is 2.98. The number of nitrogen functional groups attached to an aromatic ring is 1. The Morgan fingerprint density at radius 2 is 2.43 bits per heavy atom. The molecule has 114 valence electrons. The Morgan fingerprint density at radius 1 is 1.62 bits per heavy atom. The summed E-state index contributed by atoms with van der Waals surface area (Å²) in [5.74, 6) is 0.0285. The Hall–Kier alpha value is -1.35. The third-order valence-corrected chi connectivity index (χ3v) is 4.04.